The number of methoxy groups -OCH3 is 1. The first-order valence-electron chi connectivity index (χ1n) is 6.42. The Morgan fingerprint density at radius 3 is 2.45 bits per heavy atom. The van der Waals surface area contributed by atoms with E-state index in [2.05, 4.69) is 6.07 Å². The third kappa shape index (κ3) is 3.92. The molecule has 4 heteroatoms. The first kappa shape index (κ1) is 15.2. The van der Waals surface area contributed by atoms with Crippen molar-refractivity contribution >= 4 is 23.4 Å². The molecule has 0 aromatic heterocycles. The summed E-state index contributed by atoms with van der Waals surface area (Å²) in [6.45, 7) is 2.02. The summed E-state index contributed by atoms with van der Waals surface area (Å²) < 4.78 is 5.28. The van der Waals surface area contributed by atoms with Crippen LogP contribution in [-0.4, -0.2) is 13.2 Å². The van der Waals surface area contributed by atoms with Gasteiger partial charge in [-0.15, -0.1) is 11.8 Å². The molecule has 0 aliphatic carbocycles. The van der Waals surface area contributed by atoms with Gasteiger partial charge in [-0.2, -0.15) is 0 Å². The van der Waals surface area contributed by atoms with Crippen LogP contribution in [0.5, 0.6) is 5.75 Å². The summed E-state index contributed by atoms with van der Waals surface area (Å²) >= 11 is 7.66. The predicted octanol–water partition coefficient (Wildman–Crippen LogP) is 4.53. The zero-order valence-electron chi connectivity index (χ0n) is 11.5. The standard InChI is InChI=1S/C16H18ClNOS/c1-11(18)16(12-4-3-5-14(10-12)19-2)20-15-8-6-13(17)7-9-15/h3-11,16H,18H2,1-2H3. The lowest BCUT2D eigenvalue weighted by molar-refractivity contribution is 0.414. The van der Waals surface area contributed by atoms with E-state index in [1.54, 1.807) is 18.9 Å². The summed E-state index contributed by atoms with van der Waals surface area (Å²) in [4.78, 5) is 1.15. The molecule has 2 rings (SSSR count). The van der Waals surface area contributed by atoms with E-state index >= 15 is 0 Å². The van der Waals surface area contributed by atoms with Gasteiger partial charge in [0.15, 0.2) is 0 Å². The van der Waals surface area contributed by atoms with Gasteiger partial charge in [-0.05, 0) is 48.9 Å². The van der Waals surface area contributed by atoms with Gasteiger partial charge in [-0.1, -0.05) is 23.7 Å². The number of benzene rings is 2. The Kier molecular flexibility index (Phi) is 5.35. The topological polar surface area (TPSA) is 35.2 Å². The second-order valence-corrected chi connectivity index (χ2v) is 6.28. The molecule has 0 fully saturated rings. The molecular weight excluding hydrogens is 290 g/mol. The summed E-state index contributed by atoms with van der Waals surface area (Å²) in [7, 11) is 1.67. The van der Waals surface area contributed by atoms with Crippen molar-refractivity contribution in [1.29, 1.82) is 0 Å². The number of hydrogen-bond acceptors (Lipinski definition) is 3. The Bertz CT molecular complexity index is 557. The molecular formula is C16H18ClNOS. The minimum absolute atomic E-state index is 0.0304. The number of ether oxygens (including phenoxy) is 1. The largest absolute Gasteiger partial charge is 0.497 e. The molecule has 0 aliphatic rings. The van der Waals surface area contributed by atoms with E-state index in [4.69, 9.17) is 22.1 Å². The second-order valence-electron chi connectivity index (χ2n) is 4.63. The van der Waals surface area contributed by atoms with E-state index in [9.17, 15) is 0 Å². The van der Waals surface area contributed by atoms with Gasteiger partial charge in [0.1, 0.15) is 5.75 Å². The van der Waals surface area contributed by atoms with Crippen LogP contribution in [0.4, 0.5) is 0 Å². The van der Waals surface area contributed by atoms with E-state index in [0.717, 1.165) is 15.7 Å². The zero-order chi connectivity index (χ0) is 14.5. The minimum Gasteiger partial charge on any atom is -0.497 e. The number of nitrogens with two attached hydrogens (primary N) is 1. The van der Waals surface area contributed by atoms with Crippen LogP contribution in [0.1, 0.15) is 17.7 Å². The van der Waals surface area contributed by atoms with Gasteiger partial charge in [0.2, 0.25) is 0 Å². The van der Waals surface area contributed by atoms with Crippen LogP contribution in [0.2, 0.25) is 5.02 Å². The van der Waals surface area contributed by atoms with E-state index in [-0.39, 0.29) is 11.3 Å². The van der Waals surface area contributed by atoms with E-state index in [1.165, 1.54) is 5.56 Å². The van der Waals surface area contributed by atoms with Crippen LogP contribution < -0.4 is 10.5 Å². The normalized spacial score (nSPS) is 13.8. The highest BCUT2D eigenvalue weighted by Crippen LogP contribution is 2.38. The smallest absolute Gasteiger partial charge is 0.119 e. The molecule has 20 heavy (non-hydrogen) atoms. The fraction of sp³-hybridized carbons (Fsp3) is 0.250. The maximum Gasteiger partial charge on any atom is 0.119 e. The molecule has 2 atom stereocenters. The highest BCUT2D eigenvalue weighted by atomic mass is 35.5. The van der Waals surface area contributed by atoms with Crippen molar-refractivity contribution in [3.63, 3.8) is 0 Å². The molecule has 106 valence electrons. The number of hydrogen-bond donors (Lipinski definition) is 1. The van der Waals surface area contributed by atoms with Gasteiger partial charge in [-0.3, -0.25) is 0 Å². The molecule has 0 aliphatic heterocycles. The molecule has 2 nitrogen and oxygen atoms in total. The van der Waals surface area contributed by atoms with Crippen molar-refractivity contribution in [2.75, 3.05) is 7.11 Å². The fourth-order valence-electron chi connectivity index (χ4n) is 1.96. The zero-order valence-corrected chi connectivity index (χ0v) is 13.1. The molecule has 0 saturated heterocycles. The van der Waals surface area contributed by atoms with Crippen molar-refractivity contribution < 1.29 is 4.74 Å². The van der Waals surface area contributed by atoms with E-state index in [0.29, 0.717) is 0 Å². The monoisotopic (exact) mass is 307 g/mol. The minimum atomic E-state index is 0.0304. The van der Waals surface area contributed by atoms with Gasteiger partial charge in [0.25, 0.3) is 0 Å². The number of halogens is 1. The summed E-state index contributed by atoms with van der Waals surface area (Å²) in [5.41, 5.74) is 7.32. The molecule has 0 radical (unpaired) electrons. The third-order valence-corrected chi connectivity index (χ3v) is 4.73. The molecule has 2 N–H and O–H groups in total. The Labute approximate surface area is 129 Å². The van der Waals surface area contributed by atoms with Gasteiger partial charge in [0.05, 0.1) is 7.11 Å². The molecule has 2 aromatic carbocycles. The fourth-order valence-corrected chi connectivity index (χ4v) is 3.17. The van der Waals surface area contributed by atoms with Gasteiger partial charge < -0.3 is 10.5 Å². The van der Waals surface area contributed by atoms with Crippen molar-refractivity contribution in [1.82, 2.24) is 0 Å². The Balaban J connectivity index is 2.24. The molecule has 2 aromatic rings. The van der Waals surface area contributed by atoms with Crippen LogP contribution in [-0.2, 0) is 0 Å². The SMILES string of the molecule is COc1cccc(C(Sc2ccc(Cl)cc2)C(C)N)c1. The highest BCUT2D eigenvalue weighted by molar-refractivity contribution is 7.99. The van der Waals surface area contributed by atoms with Crippen LogP contribution in [0.25, 0.3) is 0 Å². The summed E-state index contributed by atoms with van der Waals surface area (Å²) in [5, 5.41) is 0.916. The summed E-state index contributed by atoms with van der Waals surface area (Å²) in [6, 6.07) is 15.9. The molecule has 0 heterocycles. The van der Waals surface area contributed by atoms with E-state index in [1.807, 2.05) is 49.4 Å². The maximum atomic E-state index is 6.15. The van der Waals surface area contributed by atoms with Gasteiger partial charge in [-0.25, -0.2) is 0 Å². The van der Waals surface area contributed by atoms with Gasteiger partial charge >= 0.3 is 0 Å². The van der Waals surface area contributed by atoms with Crippen LogP contribution >= 0.6 is 23.4 Å². The summed E-state index contributed by atoms with van der Waals surface area (Å²) in [5.74, 6) is 0.852. The lowest BCUT2D eigenvalue weighted by Crippen LogP contribution is -2.22. The van der Waals surface area contributed by atoms with Crippen molar-refractivity contribution in [2.24, 2.45) is 5.73 Å². The van der Waals surface area contributed by atoms with Crippen molar-refractivity contribution in [3.05, 3.63) is 59.1 Å². The summed E-state index contributed by atoms with van der Waals surface area (Å²) in [6.07, 6.45) is 0. The number of thioether (sulfide) groups is 1. The average Bonchev–Trinajstić information content (AvgIpc) is 2.46. The first-order valence-corrected chi connectivity index (χ1v) is 7.67. The van der Waals surface area contributed by atoms with Crippen molar-refractivity contribution in [2.45, 2.75) is 23.1 Å². The Hall–Kier alpha value is -1.16. The lowest BCUT2D eigenvalue weighted by Gasteiger charge is -2.21. The van der Waals surface area contributed by atoms with Crippen molar-refractivity contribution in [3.8, 4) is 5.75 Å². The molecule has 0 bridgehead atoms. The van der Waals surface area contributed by atoms with Crippen LogP contribution in [0.15, 0.2) is 53.4 Å². The first-order chi connectivity index (χ1) is 9.60. The highest BCUT2D eigenvalue weighted by Gasteiger charge is 2.18. The Morgan fingerprint density at radius 2 is 1.85 bits per heavy atom. The average molecular weight is 308 g/mol. The number of rotatable bonds is 5. The van der Waals surface area contributed by atoms with Crippen LogP contribution in [0.3, 0.4) is 0 Å². The lowest BCUT2D eigenvalue weighted by atomic mass is 10.1. The molecule has 0 amide bonds. The molecule has 0 spiro atoms. The maximum absolute atomic E-state index is 6.15. The van der Waals surface area contributed by atoms with E-state index < -0.39 is 0 Å². The molecule has 0 saturated carbocycles. The second kappa shape index (κ2) is 7.02. The Morgan fingerprint density at radius 1 is 1.15 bits per heavy atom. The quantitative estimate of drug-likeness (QED) is 0.824. The van der Waals surface area contributed by atoms with Gasteiger partial charge in [0, 0.05) is 21.2 Å². The molecule has 2 unspecified atom stereocenters. The van der Waals surface area contributed by atoms with Crippen LogP contribution in [0, 0.1) is 0 Å². The predicted molar refractivity (Wildman–Crippen MR) is 86.7 cm³/mol. The third-order valence-electron chi connectivity index (χ3n) is 2.98.